The summed E-state index contributed by atoms with van der Waals surface area (Å²) in [7, 11) is 1.71. The van der Waals surface area contributed by atoms with Crippen LogP contribution in [0.25, 0.3) is 22.4 Å². The van der Waals surface area contributed by atoms with E-state index in [1.807, 2.05) is 30.5 Å². The molecule has 1 fully saturated rings. The van der Waals surface area contributed by atoms with Crippen LogP contribution in [0.5, 0.6) is 5.75 Å². The lowest BCUT2D eigenvalue weighted by molar-refractivity contribution is 0.170. The van der Waals surface area contributed by atoms with Crippen molar-refractivity contribution >= 4 is 0 Å². The number of likely N-dealkylation sites (tertiary alicyclic amines) is 1. The van der Waals surface area contributed by atoms with Crippen LogP contribution in [0.15, 0.2) is 109 Å². The van der Waals surface area contributed by atoms with Crippen molar-refractivity contribution in [1.29, 1.82) is 0 Å². The molecule has 2 atom stereocenters. The Bertz CT molecular complexity index is 1530. The summed E-state index contributed by atoms with van der Waals surface area (Å²) in [6, 6.07) is 34.4. The minimum absolute atomic E-state index is 0.0726. The molecule has 0 spiro atoms. The summed E-state index contributed by atoms with van der Waals surface area (Å²) >= 11 is 0. The van der Waals surface area contributed by atoms with E-state index in [4.69, 9.17) is 4.74 Å². The standard InChI is InChI=1S/C34H32FN3O/c1-39-29-13-7-11-27(21-29)28-12-8-20-38(23-28)34(26-18-16-25(17-19-26)24-9-3-2-4-10-24)31-22-36-37-33(31)30-14-5-6-15-32(30)35/h2-7,9-11,13-19,21-22,28,34H,8,12,20,23H2,1H3,(H,36,37). The third-order valence-corrected chi connectivity index (χ3v) is 7.82. The van der Waals surface area contributed by atoms with E-state index in [1.165, 1.54) is 28.3 Å². The highest BCUT2D eigenvalue weighted by Crippen LogP contribution is 2.40. The van der Waals surface area contributed by atoms with Crippen molar-refractivity contribution < 1.29 is 9.13 Å². The second-order valence-corrected chi connectivity index (χ2v) is 10.2. The number of piperidine rings is 1. The predicted molar refractivity (Wildman–Crippen MR) is 154 cm³/mol. The molecule has 5 heteroatoms. The Morgan fingerprint density at radius 3 is 2.46 bits per heavy atom. The van der Waals surface area contributed by atoms with Gasteiger partial charge < -0.3 is 4.74 Å². The van der Waals surface area contributed by atoms with E-state index in [9.17, 15) is 4.39 Å². The quantitative estimate of drug-likeness (QED) is 0.239. The van der Waals surface area contributed by atoms with E-state index in [0.29, 0.717) is 11.5 Å². The fraction of sp³-hybridized carbons (Fsp3) is 0.206. The van der Waals surface area contributed by atoms with E-state index in [1.54, 1.807) is 13.2 Å². The van der Waals surface area contributed by atoms with Crippen molar-refractivity contribution in [1.82, 2.24) is 15.1 Å². The van der Waals surface area contributed by atoms with Gasteiger partial charge in [0.1, 0.15) is 11.6 Å². The molecule has 2 unspecified atom stereocenters. The average Bonchev–Trinajstić information content (AvgIpc) is 3.47. The number of hydrogen-bond donors (Lipinski definition) is 1. The molecule has 6 rings (SSSR count). The molecule has 39 heavy (non-hydrogen) atoms. The maximum absolute atomic E-state index is 15.0. The molecule has 1 aliphatic rings. The van der Waals surface area contributed by atoms with Gasteiger partial charge in [-0.05, 0) is 71.8 Å². The number of benzene rings is 4. The van der Waals surface area contributed by atoms with Gasteiger partial charge in [-0.3, -0.25) is 10.00 Å². The lowest BCUT2D eigenvalue weighted by Crippen LogP contribution is -2.38. The van der Waals surface area contributed by atoms with Crippen LogP contribution in [0.4, 0.5) is 4.39 Å². The normalized spacial score (nSPS) is 16.6. The highest BCUT2D eigenvalue weighted by atomic mass is 19.1. The summed E-state index contributed by atoms with van der Waals surface area (Å²) in [6.07, 6.45) is 4.06. The third kappa shape index (κ3) is 5.23. The molecular formula is C34H32FN3O. The molecule has 196 valence electrons. The number of nitrogens with one attached hydrogen (secondary N) is 1. The van der Waals surface area contributed by atoms with Crippen LogP contribution >= 0.6 is 0 Å². The van der Waals surface area contributed by atoms with Gasteiger partial charge in [-0.25, -0.2) is 4.39 Å². The van der Waals surface area contributed by atoms with Crippen molar-refractivity contribution in [2.45, 2.75) is 24.8 Å². The topological polar surface area (TPSA) is 41.1 Å². The molecule has 4 aromatic carbocycles. The zero-order valence-electron chi connectivity index (χ0n) is 22.1. The van der Waals surface area contributed by atoms with Crippen molar-refractivity contribution in [3.63, 3.8) is 0 Å². The lowest BCUT2D eigenvalue weighted by atomic mass is 9.87. The molecule has 0 bridgehead atoms. The predicted octanol–water partition coefficient (Wildman–Crippen LogP) is 7.86. The van der Waals surface area contributed by atoms with Crippen LogP contribution in [0.1, 0.15) is 41.5 Å². The Hall–Kier alpha value is -4.22. The van der Waals surface area contributed by atoms with Crippen LogP contribution in [-0.2, 0) is 0 Å². The SMILES string of the molecule is COc1cccc(C2CCCN(C(c3ccc(-c4ccccc4)cc3)c3cn[nH]c3-c3ccccc3F)C2)c1. The maximum atomic E-state index is 15.0. The smallest absolute Gasteiger partial charge is 0.132 e. The Morgan fingerprint density at radius 2 is 1.67 bits per heavy atom. The summed E-state index contributed by atoms with van der Waals surface area (Å²) in [5, 5.41) is 7.53. The van der Waals surface area contributed by atoms with Gasteiger partial charge in [0.15, 0.2) is 0 Å². The van der Waals surface area contributed by atoms with Gasteiger partial charge in [0, 0.05) is 17.7 Å². The number of rotatable bonds is 7. The molecular weight excluding hydrogens is 485 g/mol. The average molecular weight is 518 g/mol. The van der Waals surface area contributed by atoms with Crippen LogP contribution < -0.4 is 4.74 Å². The highest BCUT2D eigenvalue weighted by Gasteiger charge is 2.32. The van der Waals surface area contributed by atoms with E-state index in [-0.39, 0.29) is 11.9 Å². The van der Waals surface area contributed by atoms with Gasteiger partial charge in [0.25, 0.3) is 0 Å². The van der Waals surface area contributed by atoms with Gasteiger partial charge in [-0.15, -0.1) is 0 Å². The Morgan fingerprint density at radius 1 is 0.897 bits per heavy atom. The molecule has 0 amide bonds. The Balaban J connectivity index is 1.40. The molecule has 1 saturated heterocycles. The lowest BCUT2D eigenvalue weighted by Gasteiger charge is -2.39. The molecule has 0 radical (unpaired) electrons. The first-order chi connectivity index (χ1) is 19.2. The number of nitrogens with zero attached hydrogens (tertiary/aromatic N) is 2. The number of methoxy groups -OCH3 is 1. The molecule has 4 nitrogen and oxygen atoms in total. The molecule has 1 aliphatic heterocycles. The van der Waals surface area contributed by atoms with Crippen molar-refractivity contribution in [3.05, 3.63) is 132 Å². The fourth-order valence-electron chi connectivity index (χ4n) is 5.87. The van der Waals surface area contributed by atoms with Crippen LogP contribution in [-0.4, -0.2) is 35.3 Å². The number of halogens is 1. The molecule has 1 aromatic heterocycles. The van der Waals surface area contributed by atoms with Crippen LogP contribution in [0.3, 0.4) is 0 Å². The van der Waals surface area contributed by atoms with E-state index < -0.39 is 0 Å². The van der Waals surface area contributed by atoms with Gasteiger partial charge in [-0.1, -0.05) is 78.9 Å². The first-order valence-corrected chi connectivity index (χ1v) is 13.5. The molecule has 5 aromatic rings. The number of hydrogen-bond acceptors (Lipinski definition) is 3. The second-order valence-electron chi connectivity index (χ2n) is 10.2. The third-order valence-electron chi connectivity index (χ3n) is 7.82. The zero-order chi connectivity index (χ0) is 26.6. The number of H-pyrrole nitrogens is 1. The molecule has 0 saturated carbocycles. The van der Waals surface area contributed by atoms with Crippen molar-refractivity contribution in [2.75, 3.05) is 20.2 Å². The molecule has 0 aliphatic carbocycles. The van der Waals surface area contributed by atoms with E-state index >= 15 is 0 Å². The number of aromatic amines is 1. The summed E-state index contributed by atoms with van der Waals surface area (Å²) in [5.74, 6) is 1.01. The first-order valence-electron chi connectivity index (χ1n) is 13.5. The zero-order valence-corrected chi connectivity index (χ0v) is 22.1. The monoisotopic (exact) mass is 517 g/mol. The first kappa shape index (κ1) is 25.1. The van der Waals surface area contributed by atoms with Gasteiger partial charge >= 0.3 is 0 Å². The molecule has 2 heterocycles. The van der Waals surface area contributed by atoms with Crippen LogP contribution in [0.2, 0.25) is 0 Å². The van der Waals surface area contributed by atoms with Gasteiger partial charge in [0.2, 0.25) is 0 Å². The second kappa shape index (κ2) is 11.3. The Kier molecular flexibility index (Phi) is 7.24. The van der Waals surface area contributed by atoms with Crippen LogP contribution in [0, 0.1) is 5.82 Å². The highest BCUT2D eigenvalue weighted by molar-refractivity contribution is 5.66. The summed E-state index contributed by atoms with van der Waals surface area (Å²) in [6.45, 7) is 1.84. The van der Waals surface area contributed by atoms with Gasteiger partial charge in [-0.2, -0.15) is 5.10 Å². The number of ether oxygens (including phenoxy) is 1. The molecule has 1 N–H and O–H groups in total. The van der Waals surface area contributed by atoms with Crippen molar-refractivity contribution in [2.24, 2.45) is 0 Å². The minimum atomic E-state index is -0.255. The summed E-state index contributed by atoms with van der Waals surface area (Å²) in [5.41, 5.74) is 7.07. The maximum Gasteiger partial charge on any atom is 0.132 e. The van der Waals surface area contributed by atoms with E-state index in [0.717, 1.165) is 42.9 Å². The largest absolute Gasteiger partial charge is 0.497 e. The minimum Gasteiger partial charge on any atom is -0.497 e. The van der Waals surface area contributed by atoms with E-state index in [2.05, 4.69) is 81.8 Å². The van der Waals surface area contributed by atoms with Crippen molar-refractivity contribution in [3.8, 4) is 28.1 Å². The summed E-state index contributed by atoms with van der Waals surface area (Å²) < 4.78 is 20.5. The number of aromatic nitrogens is 2. The Labute approximate surface area is 229 Å². The summed E-state index contributed by atoms with van der Waals surface area (Å²) in [4.78, 5) is 2.53. The van der Waals surface area contributed by atoms with Gasteiger partial charge in [0.05, 0.1) is 25.0 Å². The fourth-order valence-corrected chi connectivity index (χ4v) is 5.87.